The van der Waals surface area contributed by atoms with Gasteiger partial charge in [-0.1, -0.05) is 0 Å². The Kier molecular flexibility index (Phi) is 3.87. The number of phenols is 1. The molecule has 1 amide bonds. The summed E-state index contributed by atoms with van der Waals surface area (Å²) < 4.78 is 0. The number of carboxylic acids is 1. The van der Waals surface area contributed by atoms with E-state index in [-0.39, 0.29) is 11.3 Å². The average molecular weight is 235 g/mol. The van der Waals surface area contributed by atoms with Crippen LogP contribution in [0.2, 0.25) is 0 Å². The summed E-state index contributed by atoms with van der Waals surface area (Å²) in [6.07, 6.45) is 0.838. The molecule has 0 radical (unpaired) electrons. The summed E-state index contributed by atoms with van der Waals surface area (Å²) in [5.74, 6) is -1.54. The van der Waals surface area contributed by atoms with Gasteiger partial charge in [-0.05, 0) is 37.6 Å². The van der Waals surface area contributed by atoms with Crippen LogP contribution in [-0.4, -0.2) is 22.1 Å². The third-order valence-electron chi connectivity index (χ3n) is 2.16. The monoisotopic (exact) mass is 235 g/mol. The number of aryl methyl sites for hydroxylation is 1. The highest BCUT2D eigenvalue weighted by Crippen LogP contribution is 2.20. The zero-order chi connectivity index (χ0) is 13.0. The number of amides is 1. The summed E-state index contributed by atoms with van der Waals surface area (Å²) in [5, 5.41) is 20.3. The molecule has 0 atom stereocenters. The molecule has 0 bridgehead atoms. The highest BCUT2D eigenvalue weighted by Gasteiger charge is 2.08. The molecule has 1 aromatic carbocycles. The first kappa shape index (κ1) is 12.8. The van der Waals surface area contributed by atoms with Gasteiger partial charge in [0, 0.05) is 17.3 Å². The van der Waals surface area contributed by atoms with E-state index in [0.717, 1.165) is 6.08 Å². The van der Waals surface area contributed by atoms with Crippen molar-refractivity contribution in [2.45, 2.75) is 13.8 Å². The maximum Gasteiger partial charge on any atom is 0.328 e. The molecule has 0 aliphatic carbocycles. The fraction of sp³-hybridized carbons (Fsp3) is 0.167. The van der Waals surface area contributed by atoms with Gasteiger partial charge in [0.05, 0.1) is 0 Å². The lowest BCUT2D eigenvalue weighted by Crippen LogP contribution is -2.14. The fourth-order valence-electron chi connectivity index (χ4n) is 1.26. The number of rotatable bonds is 3. The number of hydrogen-bond donors (Lipinski definition) is 3. The van der Waals surface area contributed by atoms with Crippen LogP contribution in [0.25, 0.3) is 0 Å². The number of aromatic hydroxyl groups is 1. The minimum Gasteiger partial charge on any atom is -0.508 e. The number of carbonyl (C=O) groups is 2. The topological polar surface area (TPSA) is 86.6 Å². The van der Waals surface area contributed by atoms with E-state index in [4.69, 9.17) is 5.11 Å². The Morgan fingerprint density at radius 2 is 2.00 bits per heavy atom. The molecule has 1 rings (SSSR count). The van der Waals surface area contributed by atoms with Crippen LogP contribution in [0, 0.1) is 6.92 Å². The molecule has 3 N–H and O–H groups in total. The summed E-state index contributed by atoms with van der Waals surface area (Å²) in [6.45, 7) is 3.14. The predicted octanol–water partition coefficient (Wildman–Crippen LogP) is 1.67. The van der Waals surface area contributed by atoms with Gasteiger partial charge in [0.15, 0.2) is 0 Å². The Hall–Kier alpha value is -2.30. The van der Waals surface area contributed by atoms with Crippen molar-refractivity contribution in [1.29, 1.82) is 0 Å². The molecule has 0 aliphatic rings. The normalized spacial score (nSPS) is 11.1. The smallest absolute Gasteiger partial charge is 0.328 e. The molecule has 90 valence electrons. The second-order valence-electron chi connectivity index (χ2n) is 3.62. The first-order chi connectivity index (χ1) is 7.90. The van der Waals surface area contributed by atoms with Gasteiger partial charge in [0.2, 0.25) is 0 Å². The highest BCUT2D eigenvalue weighted by molar-refractivity contribution is 6.06. The number of phenolic OH excluding ortho intramolecular Hbond substituents is 1. The van der Waals surface area contributed by atoms with E-state index in [2.05, 4.69) is 5.32 Å². The van der Waals surface area contributed by atoms with E-state index in [0.29, 0.717) is 11.3 Å². The van der Waals surface area contributed by atoms with Crippen molar-refractivity contribution in [1.82, 2.24) is 0 Å². The number of carbonyl (C=O) groups excluding carboxylic acids is 1. The highest BCUT2D eigenvalue weighted by atomic mass is 16.4. The second-order valence-corrected chi connectivity index (χ2v) is 3.62. The van der Waals surface area contributed by atoms with Crippen LogP contribution < -0.4 is 5.32 Å². The molecule has 0 aliphatic heterocycles. The molecule has 0 heterocycles. The summed E-state index contributed by atoms with van der Waals surface area (Å²) in [5.41, 5.74) is 1.33. The minimum atomic E-state index is -1.17. The summed E-state index contributed by atoms with van der Waals surface area (Å²) in [6, 6.07) is 4.50. The number of anilines is 1. The Morgan fingerprint density at radius 1 is 1.35 bits per heavy atom. The van der Waals surface area contributed by atoms with Crippen molar-refractivity contribution in [3.8, 4) is 5.75 Å². The van der Waals surface area contributed by atoms with Gasteiger partial charge in [-0.15, -0.1) is 0 Å². The molecule has 0 aromatic heterocycles. The van der Waals surface area contributed by atoms with Crippen LogP contribution in [0.5, 0.6) is 5.75 Å². The Labute approximate surface area is 98.4 Å². The van der Waals surface area contributed by atoms with E-state index in [1.165, 1.54) is 19.1 Å². The SMILES string of the molecule is C/C(=C\C(=O)O)C(=O)Nc1ccc(O)cc1C. The average Bonchev–Trinajstić information content (AvgIpc) is 2.21. The predicted molar refractivity (Wildman–Crippen MR) is 62.9 cm³/mol. The molecule has 0 spiro atoms. The van der Waals surface area contributed by atoms with Gasteiger partial charge in [0.1, 0.15) is 5.75 Å². The fourth-order valence-corrected chi connectivity index (χ4v) is 1.26. The van der Waals surface area contributed by atoms with Crippen LogP contribution in [0.15, 0.2) is 29.8 Å². The first-order valence-corrected chi connectivity index (χ1v) is 4.92. The van der Waals surface area contributed by atoms with Crippen LogP contribution in [0.1, 0.15) is 12.5 Å². The third kappa shape index (κ3) is 3.64. The van der Waals surface area contributed by atoms with Crippen molar-refractivity contribution in [2.24, 2.45) is 0 Å². The van der Waals surface area contributed by atoms with Crippen molar-refractivity contribution in [3.63, 3.8) is 0 Å². The van der Waals surface area contributed by atoms with E-state index in [9.17, 15) is 14.7 Å². The van der Waals surface area contributed by atoms with Crippen LogP contribution in [0.3, 0.4) is 0 Å². The van der Waals surface area contributed by atoms with Crippen molar-refractivity contribution in [3.05, 3.63) is 35.4 Å². The zero-order valence-corrected chi connectivity index (χ0v) is 9.52. The molecule has 0 fully saturated rings. The Balaban J connectivity index is 2.85. The van der Waals surface area contributed by atoms with Crippen molar-refractivity contribution >= 4 is 17.6 Å². The van der Waals surface area contributed by atoms with Crippen LogP contribution in [-0.2, 0) is 9.59 Å². The summed E-state index contributed by atoms with van der Waals surface area (Å²) >= 11 is 0. The number of nitrogens with one attached hydrogen (secondary N) is 1. The van der Waals surface area contributed by atoms with Gasteiger partial charge >= 0.3 is 5.97 Å². The lowest BCUT2D eigenvalue weighted by Gasteiger charge is -2.08. The quantitative estimate of drug-likeness (QED) is 0.549. The lowest BCUT2D eigenvalue weighted by molar-refractivity contribution is -0.131. The number of aliphatic carboxylic acids is 1. The van der Waals surface area contributed by atoms with E-state index >= 15 is 0 Å². The Bertz CT molecular complexity index is 491. The number of hydrogen-bond acceptors (Lipinski definition) is 3. The number of carboxylic acid groups (broad SMARTS) is 1. The Morgan fingerprint density at radius 3 is 2.53 bits per heavy atom. The van der Waals surface area contributed by atoms with Gasteiger partial charge in [-0.3, -0.25) is 4.79 Å². The molecule has 5 heteroatoms. The largest absolute Gasteiger partial charge is 0.508 e. The molecule has 1 aromatic rings. The standard InChI is InChI=1S/C12H13NO4/c1-7-5-9(14)3-4-10(7)13-12(17)8(2)6-11(15)16/h3-6,14H,1-2H3,(H,13,17)(H,15,16)/b8-6+. The molecular formula is C12H13NO4. The lowest BCUT2D eigenvalue weighted by atomic mass is 10.1. The van der Waals surface area contributed by atoms with Gasteiger partial charge in [-0.2, -0.15) is 0 Å². The first-order valence-electron chi connectivity index (χ1n) is 4.92. The van der Waals surface area contributed by atoms with Gasteiger partial charge in [-0.25, -0.2) is 4.79 Å². The second kappa shape index (κ2) is 5.16. The van der Waals surface area contributed by atoms with E-state index in [1.54, 1.807) is 13.0 Å². The van der Waals surface area contributed by atoms with Crippen LogP contribution >= 0.6 is 0 Å². The van der Waals surface area contributed by atoms with Crippen molar-refractivity contribution < 1.29 is 19.8 Å². The maximum absolute atomic E-state index is 11.6. The zero-order valence-electron chi connectivity index (χ0n) is 9.52. The molecule has 0 saturated carbocycles. The van der Waals surface area contributed by atoms with E-state index < -0.39 is 11.9 Å². The van der Waals surface area contributed by atoms with Crippen LogP contribution in [0.4, 0.5) is 5.69 Å². The maximum atomic E-state index is 11.6. The van der Waals surface area contributed by atoms with Gasteiger partial charge < -0.3 is 15.5 Å². The molecule has 0 unspecified atom stereocenters. The summed E-state index contributed by atoms with van der Waals surface area (Å²) in [4.78, 5) is 22.0. The minimum absolute atomic E-state index is 0.102. The molecule has 0 saturated heterocycles. The molecular weight excluding hydrogens is 222 g/mol. The third-order valence-corrected chi connectivity index (χ3v) is 2.16. The summed E-state index contributed by atoms with van der Waals surface area (Å²) in [7, 11) is 0. The molecule has 5 nitrogen and oxygen atoms in total. The molecule has 17 heavy (non-hydrogen) atoms. The van der Waals surface area contributed by atoms with Crippen molar-refractivity contribution in [2.75, 3.05) is 5.32 Å². The number of benzene rings is 1. The van der Waals surface area contributed by atoms with E-state index in [1.807, 2.05) is 0 Å². The van der Waals surface area contributed by atoms with Gasteiger partial charge in [0.25, 0.3) is 5.91 Å².